The summed E-state index contributed by atoms with van der Waals surface area (Å²) in [7, 11) is 0. The van der Waals surface area contributed by atoms with Gasteiger partial charge in [0.2, 0.25) is 0 Å². The molecule has 1 aliphatic carbocycles. The maximum Gasteiger partial charge on any atom is 0.166 e. The van der Waals surface area contributed by atoms with Crippen LogP contribution in [0.2, 0.25) is 0 Å². The van der Waals surface area contributed by atoms with Crippen molar-refractivity contribution in [2.75, 3.05) is 5.32 Å². The topological polar surface area (TPSA) is 57.8 Å². The Morgan fingerprint density at radius 3 is 3.13 bits per heavy atom. The molecular formula is C11H11N3O. The second-order valence-corrected chi connectivity index (χ2v) is 3.88. The van der Waals surface area contributed by atoms with Crippen LogP contribution in [0.25, 0.3) is 11.0 Å². The second-order valence-electron chi connectivity index (χ2n) is 3.88. The number of nitrogens with zero attached hydrogens (tertiary/aromatic N) is 1. The Kier molecular flexibility index (Phi) is 1.74. The number of carbonyl (C=O) groups excluding carboxylic acids is 1. The molecule has 4 heteroatoms. The van der Waals surface area contributed by atoms with Crippen LogP contribution in [-0.4, -0.2) is 22.3 Å². The van der Waals surface area contributed by atoms with E-state index in [1.165, 1.54) is 12.8 Å². The summed E-state index contributed by atoms with van der Waals surface area (Å²) in [6, 6.07) is 4.38. The van der Waals surface area contributed by atoms with Gasteiger partial charge in [0.15, 0.2) is 6.29 Å². The van der Waals surface area contributed by atoms with Gasteiger partial charge < -0.3 is 10.3 Å². The van der Waals surface area contributed by atoms with Gasteiger partial charge in [-0.3, -0.25) is 4.79 Å². The highest BCUT2D eigenvalue weighted by atomic mass is 16.1. The van der Waals surface area contributed by atoms with Crippen molar-refractivity contribution in [3.63, 3.8) is 0 Å². The Morgan fingerprint density at radius 1 is 1.53 bits per heavy atom. The van der Waals surface area contributed by atoms with Gasteiger partial charge in [0.25, 0.3) is 0 Å². The molecule has 0 atom stereocenters. The summed E-state index contributed by atoms with van der Waals surface area (Å²) in [5.41, 5.74) is 2.40. The number of aromatic nitrogens is 2. The summed E-state index contributed by atoms with van der Waals surface area (Å²) in [5.74, 6) is 0. The first-order valence-electron chi connectivity index (χ1n) is 5.06. The number of hydrogen-bond donors (Lipinski definition) is 2. The predicted octanol–water partition coefficient (Wildman–Crippen LogP) is 1.95. The minimum atomic E-state index is 0.572. The van der Waals surface area contributed by atoms with Crippen molar-refractivity contribution in [3.05, 3.63) is 24.0 Å². The number of carbonyl (C=O) groups is 1. The first kappa shape index (κ1) is 8.47. The number of pyridine rings is 1. The molecule has 3 rings (SSSR count). The van der Waals surface area contributed by atoms with Crippen LogP contribution in [0.3, 0.4) is 0 Å². The van der Waals surface area contributed by atoms with Crippen LogP contribution in [0.4, 0.5) is 5.69 Å². The van der Waals surface area contributed by atoms with Crippen molar-refractivity contribution < 1.29 is 4.79 Å². The molecule has 4 nitrogen and oxygen atoms in total. The predicted molar refractivity (Wildman–Crippen MR) is 58.1 cm³/mol. The lowest BCUT2D eigenvalue weighted by molar-refractivity contribution is 0.112. The zero-order chi connectivity index (χ0) is 10.3. The van der Waals surface area contributed by atoms with E-state index in [0.717, 1.165) is 23.0 Å². The Morgan fingerprint density at radius 2 is 2.40 bits per heavy atom. The molecule has 2 aromatic heterocycles. The molecule has 15 heavy (non-hydrogen) atoms. The highest BCUT2D eigenvalue weighted by Crippen LogP contribution is 2.29. The minimum absolute atomic E-state index is 0.572. The maximum absolute atomic E-state index is 10.6. The number of nitrogens with one attached hydrogen (secondary N) is 2. The first-order chi connectivity index (χ1) is 7.36. The zero-order valence-corrected chi connectivity index (χ0v) is 8.16. The third-order valence-corrected chi connectivity index (χ3v) is 2.62. The second kappa shape index (κ2) is 3.08. The van der Waals surface area contributed by atoms with Crippen LogP contribution in [-0.2, 0) is 0 Å². The lowest BCUT2D eigenvalue weighted by Crippen LogP contribution is -2.00. The van der Waals surface area contributed by atoms with Gasteiger partial charge in [-0.2, -0.15) is 0 Å². The third kappa shape index (κ3) is 1.48. The van der Waals surface area contributed by atoms with E-state index in [0.29, 0.717) is 11.7 Å². The van der Waals surface area contributed by atoms with Gasteiger partial charge in [-0.25, -0.2) is 4.98 Å². The third-order valence-electron chi connectivity index (χ3n) is 2.62. The highest BCUT2D eigenvalue weighted by molar-refractivity contribution is 5.94. The number of aldehydes is 1. The molecule has 0 aliphatic heterocycles. The summed E-state index contributed by atoms with van der Waals surface area (Å²) in [5, 5.41) is 4.41. The van der Waals surface area contributed by atoms with Gasteiger partial charge in [-0.15, -0.1) is 0 Å². The van der Waals surface area contributed by atoms with Crippen LogP contribution >= 0.6 is 0 Å². The Hall–Kier alpha value is -1.84. The fourth-order valence-electron chi connectivity index (χ4n) is 1.68. The van der Waals surface area contributed by atoms with Crippen molar-refractivity contribution >= 4 is 23.0 Å². The summed E-state index contributed by atoms with van der Waals surface area (Å²) in [4.78, 5) is 17.8. The van der Waals surface area contributed by atoms with E-state index in [4.69, 9.17) is 0 Å². The van der Waals surface area contributed by atoms with Crippen LogP contribution in [0.5, 0.6) is 0 Å². The van der Waals surface area contributed by atoms with E-state index >= 15 is 0 Å². The van der Waals surface area contributed by atoms with Gasteiger partial charge >= 0.3 is 0 Å². The zero-order valence-electron chi connectivity index (χ0n) is 8.16. The summed E-state index contributed by atoms with van der Waals surface area (Å²) in [6.07, 6.45) is 5.02. The molecule has 76 valence electrons. The molecule has 1 aliphatic rings. The number of anilines is 1. The normalized spacial score (nSPS) is 15.5. The fraction of sp³-hybridized carbons (Fsp3) is 0.273. The van der Waals surface area contributed by atoms with Gasteiger partial charge in [-0.05, 0) is 25.0 Å². The summed E-state index contributed by atoms with van der Waals surface area (Å²) >= 11 is 0. The summed E-state index contributed by atoms with van der Waals surface area (Å²) < 4.78 is 0. The number of hydrogen-bond acceptors (Lipinski definition) is 3. The monoisotopic (exact) mass is 201 g/mol. The number of H-pyrrole nitrogens is 1. The molecule has 2 N–H and O–H groups in total. The van der Waals surface area contributed by atoms with Crippen molar-refractivity contribution in [3.8, 4) is 0 Å². The van der Waals surface area contributed by atoms with E-state index in [1.807, 2.05) is 12.1 Å². The van der Waals surface area contributed by atoms with E-state index in [2.05, 4.69) is 15.3 Å². The van der Waals surface area contributed by atoms with E-state index in [1.54, 1.807) is 6.20 Å². The lowest BCUT2D eigenvalue weighted by atomic mass is 10.2. The fourth-order valence-corrected chi connectivity index (χ4v) is 1.68. The summed E-state index contributed by atoms with van der Waals surface area (Å²) in [6.45, 7) is 0. The SMILES string of the molecule is O=Cc1cc2c(NC3CC3)ccnc2[nH]1. The lowest BCUT2D eigenvalue weighted by Gasteiger charge is -2.04. The molecule has 1 fully saturated rings. The average Bonchev–Trinajstić information content (AvgIpc) is 2.96. The molecule has 2 aromatic rings. The molecule has 2 heterocycles. The molecule has 0 aromatic carbocycles. The van der Waals surface area contributed by atoms with Crippen molar-refractivity contribution in [2.24, 2.45) is 0 Å². The van der Waals surface area contributed by atoms with E-state index in [-0.39, 0.29) is 0 Å². The Bertz CT molecular complexity index is 514. The smallest absolute Gasteiger partial charge is 0.166 e. The maximum atomic E-state index is 10.6. The highest BCUT2D eigenvalue weighted by Gasteiger charge is 2.21. The molecular weight excluding hydrogens is 190 g/mol. The molecule has 0 spiro atoms. The molecule has 0 bridgehead atoms. The first-order valence-corrected chi connectivity index (χ1v) is 5.06. The number of fused-ring (bicyclic) bond motifs is 1. The standard InChI is InChI=1S/C11H11N3O/c15-6-8-5-9-10(13-7-1-2-7)3-4-12-11(9)14-8/h3-7H,1-2H2,(H2,12,13,14). The van der Waals surface area contributed by atoms with Crippen LogP contribution < -0.4 is 5.32 Å². The van der Waals surface area contributed by atoms with E-state index in [9.17, 15) is 4.79 Å². The van der Waals surface area contributed by atoms with Crippen molar-refractivity contribution in [1.82, 2.24) is 9.97 Å². The van der Waals surface area contributed by atoms with Crippen LogP contribution in [0, 0.1) is 0 Å². The number of rotatable bonds is 3. The largest absolute Gasteiger partial charge is 0.382 e. The van der Waals surface area contributed by atoms with E-state index < -0.39 is 0 Å². The van der Waals surface area contributed by atoms with Crippen molar-refractivity contribution in [2.45, 2.75) is 18.9 Å². The molecule has 0 unspecified atom stereocenters. The van der Waals surface area contributed by atoms with Gasteiger partial charge in [0.05, 0.1) is 5.69 Å². The molecule has 0 radical (unpaired) electrons. The van der Waals surface area contributed by atoms with Crippen LogP contribution in [0.1, 0.15) is 23.3 Å². The minimum Gasteiger partial charge on any atom is -0.382 e. The quantitative estimate of drug-likeness (QED) is 0.746. The molecule has 1 saturated carbocycles. The van der Waals surface area contributed by atoms with Gasteiger partial charge in [0.1, 0.15) is 5.65 Å². The number of aromatic amines is 1. The van der Waals surface area contributed by atoms with Gasteiger partial charge in [0, 0.05) is 23.3 Å². The van der Waals surface area contributed by atoms with Crippen molar-refractivity contribution in [1.29, 1.82) is 0 Å². The molecule has 0 amide bonds. The van der Waals surface area contributed by atoms with Crippen LogP contribution in [0.15, 0.2) is 18.3 Å². The van der Waals surface area contributed by atoms with Gasteiger partial charge in [-0.1, -0.05) is 0 Å². The Balaban J connectivity index is 2.10. The average molecular weight is 201 g/mol. The molecule has 0 saturated heterocycles. The Labute approximate surface area is 86.7 Å².